The van der Waals surface area contributed by atoms with Gasteiger partial charge < -0.3 is 9.72 Å². The average molecular weight is 417 g/mol. The summed E-state index contributed by atoms with van der Waals surface area (Å²) in [6.07, 6.45) is 8.97. The third kappa shape index (κ3) is 3.34. The number of H-pyrrole nitrogens is 1. The van der Waals surface area contributed by atoms with Gasteiger partial charge in [0.05, 0.1) is 24.9 Å². The summed E-state index contributed by atoms with van der Waals surface area (Å²) in [6, 6.07) is 2.01. The molecule has 2 fully saturated rings. The first-order valence-electron chi connectivity index (χ1n) is 9.95. The van der Waals surface area contributed by atoms with E-state index in [9.17, 15) is 8.42 Å². The molecule has 5 rings (SSSR count). The molecule has 3 atom stereocenters. The maximum absolute atomic E-state index is 12.5. The number of nitrogens with one attached hydrogen (secondary N) is 1. The van der Waals surface area contributed by atoms with Crippen molar-refractivity contribution in [3.05, 3.63) is 30.4 Å². The van der Waals surface area contributed by atoms with Crippen molar-refractivity contribution in [3.8, 4) is 0 Å². The predicted molar refractivity (Wildman–Crippen MR) is 109 cm³/mol. The van der Waals surface area contributed by atoms with Gasteiger partial charge in [-0.1, -0.05) is 6.92 Å². The number of imidazole rings is 1. The van der Waals surface area contributed by atoms with E-state index < -0.39 is 10.2 Å². The van der Waals surface area contributed by atoms with Crippen LogP contribution >= 0.6 is 0 Å². The summed E-state index contributed by atoms with van der Waals surface area (Å²) >= 11 is 0. The van der Waals surface area contributed by atoms with Crippen LogP contribution in [0.25, 0.3) is 16.8 Å². The fourth-order valence-electron chi connectivity index (χ4n) is 4.59. The first kappa shape index (κ1) is 18.7. The normalized spacial score (nSPS) is 26.9. The van der Waals surface area contributed by atoms with Crippen molar-refractivity contribution < 1.29 is 13.2 Å². The summed E-state index contributed by atoms with van der Waals surface area (Å²) in [5, 5.41) is 0. The molecule has 3 aromatic heterocycles. The summed E-state index contributed by atoms with van der Waals surface area (Å²) in [6.45, 7) is 3.80. The number of aromatic nitrogens is 4. The number of rotatable bonds is 4. The second-order valence-electron chi connectivity index (χ2n) is 7.91. The van der Waals surface area contributed by atoms with Crippen LogP contribution in [0.15, 0.2) is 29.1 Å². The summed E-state index contributed by atoms with van der Waals surface area (Å²) < 4.78 is 37.7. The molecule has 3 aromatic rings. The highest BCUT2D eigenvalue weighted by molar-refractivity contribution is 7.87. The van der Waals surface area contributed by atoms with E-state index in [1.165, 1.54) is 4.31 Å². The first-order valence-corrected chi connectivity index (χ1v) is 11.4. The predicted octanol–water partition coefficient (Wildman–Crippen LogP) is 1.99. The van der Waals surface area contributed by atoms with Crippen LogP contribution in [0.5, 0.6) is 0 Å². The Morgan fingerprint density at radius 3 is 2.90 bits per heavy atom. The zero-order valence-corrected chi connectivity index (χ0v) is 17.0. The Hall–Kier alpha value is -2.30. The summed E-state index contributed by atoms with van der Waals surface area (Å²) in [5.74, 6) is 0.813. The molecule has 0 spiro atoms. The van der Waals surface area contributed by atoms with Crippen molar-refractivity contribution >= 4 is 33.2 Å². The van der Waals surface area contributed by atoms with Crippen LogP contribution in [-0.4, -0.2) is 64.6 Å². The molecule has 0 radical (unpaired) electrons. The lowest BCUT2D eigenvalue weighted by Crippen LogP contribution is -2.39. The van der Waals surface area contributed by atoms with E-state index in [4.69, 9.17) is 4.74 Å². The molecular weight excluding hydrogens is 392 g/mol. The minimum absolute atomic E-state index is 0.125. The van der Waals surface area contributed by atoms with Crippen LogP contribution in [-0.2, 0) is 14.9 Å². The number of fused-ring (bicyclic) bond motifs is 3. The standard InChI is InChI=1S/C19H24N6O3S/c1-13-8-14(10-23-29(26,27)24-4-6-28-7-5-24)9-15(13)17-11-21-18-12-22-19-16(25(17)18)2-3-20-19/h2-3,10-15,20H,4-9H2,1H3/b23-10-/t13-,14?,15+/m1/s1. The van der Waals surface area contributed by atoms with Crippen LogP contribution in [0.4, 0.5) is 0 Å². The maximum Gasteiger partial charge on any atom is 0.322 e. The molecular formula is C19H24N6O3S. The van der Waals surface area contributed by atoms with Gasteiger partial charge in [-0.2, -0.15) is 17.1 Å². The lowest BCUT2D eigenvalue weighted by Gasteiger charge is -2.23. The second-order valence-corrected chi connectivity index (χ2v) is 9.53. The Morgan fingerprint density at radius 2 is 2.07 bits per heavy atom. The molecule has 10 heteroatoms. The largest absolute Gasteiger partial charge is 0.379 e. The van der Waals surface area contributed by atoms with Crippen LogP contribution in [0, 0.1) is 11.8 Å². The van der Waals surface area contributed by atoms with Crippen molar-refractivity contribution in [1.82, 2.24) is 23.7 Å². The van der Waals surface area contributed by atoms with E-state index in [1.54, 1.807) is 12.4 Å². The second kappa shape index (κ2) is 7.19. The smallest absolute Gasteiger partial charge is 0.322 e. The van der Waals surface area contributed by atoms with E-state index in [-0.39, 0.29) is 11.8 Å². The van der Waals surface area contributed by atoms with Gasteiger partial charge in [-0.05, 0) is 30.7 Å². The van der Waals surface area contributed by atoms with Gasteiger partial charge >= 0.3 is 10.2 Å². The summed E-state index contributed by atoms with van der Waals surface area (Å²) in [4.78, 5) is 12.1. The van der Waals surface area contributed by atoms with E-state index >= 15 is 0 Å². The quantitative estimate of drug-likeness (QED) is 0.655. The molecule has 2 aliphatic rings. The van der Waals surface area contributed by atoms with Gasteiger partial charge in [-0.3, -0.25) is 4.40 Å². The van der Waals surface area contributed by atoms with Crippen molar-refractivity contribution in [2.24, 2.45) is 16.2 Å². The molecule has 0 aromatic carbocycles. The topological polar surface area (TPSA) is 105 Å². The van der Waals surface area contributed by atoms with E-state index in [1.807, 2.05) is 18.5 Å². The Morgan fingerprint density at radius 1 is 1.24 bits per heavy atom. The average Bonchev–Trinajstić information content (AvgIpc) is 3.44. The monoisotopic (exact) mass is 416 g/mol. The van der Waals surface area contributed by atoms with E-state index in [0.29, 0.717) is 32.2 Å². The zero-order valence-electron chi connectivity index (χ0n) is 16.2. The highest BCUT2D eigenvalue weighted by atomic mass is 32.2. The lowest BCUT2D eigenvalue weighted by atomic mass is 9.95. The van der Waals surface area contributed by atoms with Crippen LogP contribution in [0.3, 0.4) is 0 Å². The van der Waals surface area contributed by atoms with Crippen molar-refractivity contribution in [2.75, 3.05) is 26.3 Å². The number of hydrogen-bond acceptors (Lipinski definition) is 5. The summed E-state index contributed by atoms with van der Waals surface area (Å²) in [5.41, 5.74) is 3.81. The van der Waals surface area contributed by atoms with E-state index in [0.717, 1.165) is 35.3 Å². The van der Waals surface area contributed by atoms with Gasteiger partial charge in [0.15, 0.2) is 11.3 Å². The SMILES string of the molecule is C[C@@H]1CC(/C=N\S(=O)(=O)N2CCOCC2)C[C@@H]1c1cnc2cnc3[nH]ccc3n12. The number of hydrogen-bond donors (Lipinski definition) is 1. The van der Waals surface area contributed by atoms with Gasteiger partial charge in [0.1, 0.15) is 0 Å². The van der Waals surface area contributed by atoms with Crippen molar-refractivity contribution in [1.29, 1.82) is 0 Å². The molecule has 1 aliphatic heterocycles. The van der Waals surface area contributed by atoms with Gasteiger partial charge in [0.2, 0.25) is 0 Å². The molecule has 1 aliphatic carbocycles. The molecule has 1 unspecified atom stereocenters. The summed E-state index contributed by atoms with van der Waals surface area (Å²) in [7, 11) is -3.62. The number of aromatic amines is 1. The van der Waals surface area contributed by atoms with Crippen LogP contribution in [0.1, 0.15) is 31.4 Å². The van der Waals surface area contributed by atoms with Gasteiger partial charge in [-0.15, -0.1) is 0 Å². The Bertz CT molecular complexity index is 1160. The molecule has 1 N–H and O–H groups in total. The highest BCUT2D eigenvalue weighted by Crippen LogP contribution is 2.42. The zero-order chi connectivity index (χ0) is 20.0. The Kier molecular flexibility index (Phi) is 4.64. The minimum Gasteiger partial charge on any atom is -0.379 e. The van der Waals surface area contributed by atoms with Crippen LogP contribution < -0.4 is 0 Å². The molecule has 29 heavy (non-hydrogen) atoms. The third-order valence-electron chi connectivity index (χ3n) is 6.07. The molecule has 9 nitrogen and oxygen atoms in total. The molecule has 0 amide bonds. The molecule has 1 saturated carbocycles. The first-order chi connectivity index (χ1) is 14.0. The third-order valence-corrected chi connectivity index (χ3v) is 7.48. The van der Waals surface area contributed by atoms with Crippen molar-refractivity contribution in [3.63, 3.8) is 0 Å². The number of nitrogens with zero attached hydrogens (tertiary/aromatic N) is 5. The van der Waals surface area contributed by atoms with Crippen molar-refractivity contribution in [2.45, 2.75) is 25.7 Å². The number of morpholine rings is 1. The van der Waals surface area contributed by atoms with Gasteiger partial charge in [0.25, 0.3) is 0 Å². The molecule has 4 heterocycles. The minimum atomic E-state index is -3.62. The fourth-order valence-corrected chi connectivity index (χ4v) is 5.66. The molecule has 1 saturated heterocycles. The Labute approximate surface area is 169 Å². The Balaban J connectivity index is 1.39. The highest BCUT2D eigenvalue weighted by Gasteiger charge is 2.34. The fraction of sp³-hybridized carbons (Fsp3) is 0.526. The van der Waals surface area contributed by atoms with Crippen LogP contribution in [0.2, 0.25) is 0 Å². The van der Waals surface area contributed by atoms with E-state index in [2.05, 4.69) is 30.7 Å². The number of ether oxygens (including phenoxy) is 1. The lowest BCUT2D eigenvalue weighted by molar-refractivity contribution is 0.0731. The van der Waals surface area contributed by atoms with Gasteiger partial charge in [0, 0.05) is 43.3 Å². The maximum atomic E-state index is 12.5. The molecule has 154 valence electrons. The van der Waals surface area contributed by atoms with Gasteiger partial charge in [-0.25, -0.2) is 9.97 Å². The molecule has 0 bridgehead atoms.